The van der Waals surface area contributed by atoms with Gasteiger partial charge in [0.1, 0.15) is 11.6 Å². The van der Waals surface area contributed by atoms with E-state index >= 15 is 0 Å². The number of rotatable bonds is 9. The number of nitrogens with zero attached hydrogens (tertiary/aromatic N) is 3. The Hall–Kier alpha value is -3.17. The molecule has 3 aromatic rings. The highest BCUT2D eigenvalue weighted by Crippen LogP contribution is 2.24. The second-order valence-electron chi connectivity index (χ2n) is 6.75. The fourth-order valence-corrected chi connectivity index (χ4v) is 3.77. The smallest absolute Gasteiger partial charge is 0.234 e. The lowest BCUT2D eigenvalue weighted by Crippen LogP contribution is -2.19. The van der Waals surface area contributed by atoms with E-state index in [1.54, 1.807) is 41.0 Å². The summed E-state index contributed by atoms with van der Waals surface area (Å²) < 4.78 is 15.5. The molecule has 0 radical (unpaired) electrons. The number of para-hydroxylation sites is 1. The van der Waals surface area contributed by atoms with Crippen LogP contribution in [-0.4, -0.2) is 32.3 Å². The van der Waals surface area contributed by atoms with Gasteiger partial charge in [0, 0.05) is 17.3 Å². The molecule has 32 heavy (non-hydrogen) atoms. The molecule has 3 rings (SSSR count). The lowest BCUT2D eigenvalue weighted by atomic mass is 10.2. The minimum atomic E-state index is -0.523. The van der Waals surface area contributed by atoms with Crippen LogP contribution in [0.5, 0.6) is 0 Å². The van der Waals surface area contributed by atoms with Crippen LogP contribution in [0, 0.1) is 12.7 Å². The van der Waals surface area contributed by atoms with E-state index < -0.39 is 11.7 Å². The first kappa shape index (κ1) is 23.5. The number of halogens is 2. The molecule has 166 valence electrons. The molecule has 0 aliphatic heterocycles. The van der Waals surface area contributed by atoms with Crippen molar-refractivity contribution in [1.29, 1.82) is 0 Å². The minimum Gasteiger partial charge on any atom is -0.325 e. The fourth-order valence-electron chi connectivity index (χ4n) is 2.83. The maximum absolute atomic E-state index is 13.8. The normalized spacial score (nSPS) is 10.6. The van der Waals surface area contributed by atoms with Crippen LogP contribution in [0.4, 0.5) is 15.8 Å². The predicted octanol–water partition coefficient (Wildman–Crippen LogP) is 4.48. The van der Waals surface area contributed by atoms with Crippen molar-refractivity contribution in [2.24, 2.45) is 0 Å². The third-order valence-corrected chi connectivity index (χ3v) is 5.82. The number of carbonyl (C=O) groups excluding carboxylic acids is 2. The predicted molar refractivity (Wildman–Crippen MR) is 124 cm³/mol. The molecule has 7 nitrogen and oxygen atoms in total. The van der Waals surface area contributed by atoms with Gasteiger partial charge in [-0.3, -0.25) is 9.59 Å². The minimum absolute atomic E-state index is 0.0860. The summed E-state index contributed by atoms with van der Waals surface area (Å²) in [5.74, 6) is -0.716. The van der Waals surface area contributed by atoms with Crippen molar-refractivity contribution in [2.75, 3.05) is 16.4 Å². The molecular formula is C22H21ClFN5O2S. The zero-order chi connectivity index (χ0) is 23.1. The number of thioether (sulfide) groups is 1. The molecule has 1 aromatic heterocycles. The van der Waals surface area contributed by atoms with E-state index in [4.69, 9.17) is 11.6 Å². The van der Waals surface area contributed by atoms with E-state index in [2.05, 4.69) is 27.4 Å². The van der Waals surface area contributed by atoms with Gasteiger partial charge in [0.05, 0.1) is 17.9 Å². The molecule has 0 saturated carbocycles. The van der Waals surface area contributed by atoms with Gasteiger partial charge in [0.15, 0.2) is 5.16 Å². The summed E-state index contributed by atoms with van der Waals surface area (Å²) >= 11 is 7.27. The summed E-state index contributed by atoms with van der Waals surface area (Å²) in [5, 5.41) is 14.5. The molecule has 0 fully saturated rings. The van der Waals surface area contributed by atoms with Gasteiger partial charge in [-0.15, -0.1) is 16.8 Å². The highest BCUT2D eigenvalue weighted by atomic mass is 35.5. The van der Waals surface area contributed by atoms with Crippen LogP contribution in [0.25, 0.3) is 0 Å². The number of anilines is 2. The Morgan fingerprint density at radius 3 is 2.59 bits per heavy atom. The highest BCUT2D eigenvalue weighted by molar-refractivity contribution is 7.99. The molecule has 0 spiro atoms. The number of nitrogens with one attached hydrogen (secondary N) is 2. The Bertz CT molecular complexity index is 1150. The van der Waals surface area contributed by atoms with Crippen molar-refractivity contribution >= 4 is 46.6 Å². The zero-order valence-electron chi connectivity index (χ0n) is 17.3. The first-order chi connectivity index (χ1) is 15.4. The molecule has 0 atom stereocenters. The van der Waals surface area contributed by atoms with Gasteiger partial charge in [0.2, 0.25) is 11.8 Å². The van der Waals surface area contributed by atoms with Gasteiger partial charge in [-0.2, -0.15) is 0 Å². The van der Waals surface area contributed by atoms with E-state index in [0.29, 0.717) is 28.2 Å². The SMILES string of the molecule is C=CCn1c(CC(=O)Nc2ccccc2F)nnc1SCC(=O)Nc1cccc(Cl)c1C. The summed E-state index contributed by atoms with van der Waals surface area (Å²) in [6.45, 7) is 5.90. The summed E-state index contributed by atoms with van der Waals surface area (Å²) in [6, 6.07) is 11.2. The van der Waals surface area contributed by atoms with Crippen molar-refractivity contribution < 1.29 is 14.0 Å². The Morgan fingerprint density at radius 2 is 1.84 bits per heavy atom. The monoisotopic (exact) mass is 473 g/mol. The van der Waals surface area contributed by atoms with Crippen LogP contribution in [0.1, 0.15) is 11.4 Å². The Morgan fingerprint density at radius 1 is 1.12 bits per heavy atom. The quantitative estimate of drug-likeness (QED) is 0.353. The lowest BCUT2D eigenvalue weighted by Gasteiger charge is -2.10. The number of hydrogen-bond donors (Lipinski definition) is 2. The summed E-state index contributed by atoms with van der Waals surface area (Å²) in [6.07, 6.45) is 1.53. The van der Waals surface area contributed by atoms with Crippen LogP contribution >= 0.6 is 23.4 Å². The van der Waals surface area contributed by atoms with Crippen molar-refractivity contribution in [1.82, 2.24) is 14.8 Å². The van der Waals surface area contributed by atoms with Gasteiger partial charge >= 0.3 is 0 Å². The lowest BCUT2D eigenvalue weighted by molar-refractivity contribution is -0.116. The second kappa shape index (κ2) is 10.9. The Labute approximate surface area is 194 Å². The van der Waals surface area contributed by atoms with Crippen LogP contribution in [0.3, 0.4) is 0 Å². The number of benzene rings is 2. The molecule has 1 heterocycles. The Kier molecular flexibility index (Phi) is 8.02. The molecule has 0 aliphatic rings. The van der Waals surface area contributed by atoms with Crippen LogP contribution in [-0.2, 0) is 22.6 Å². The third kappa shape index (κ3) is 5.95. The fraction of sp³-hybridized carbons (Fsp3) is 0.182. The van der Waals surface area contributed by atoms with E-state index in [1.807, 2.05) is 6.92 Å². The molecule has 2 amide bonds. The van der Waals surface area contributed by atoms with E-state index in [0.717, 1.165) is 5.56 Å². The number of carbonyl (C=O) groups is 2. The average molecular weight is 474 g/mol. The third-order valence-electron chi connectivity index (χ3n) is 4.45. The maximum atomic E-state index is 13.8. The summed E-state index contributed by atoms with van der Waals surface area (Å²) in [4.78, 5) is 24.7. The molecule has 0 saturated heterocycles. The van der Waals surface area contributed by atoms with Crippen LogP contribution in [0.2, 0.25) is 5.02 Å². The van der Waals surface area contributed by atoms with E-state index in [9.17, 15) is 14.0 Å². The number of amides is 2. The van der Waals surface area contributed by atoms with Gasteiger partial charge in [-0.05, 0) is 36.8 Å². The average Bonchev–Trinajstić information content (AvgIpc) is 3.13. The largest absolute Gasteiger partial charge is 0.325 e. The van der Waals surface area contributed by atoms with Gasteiger partial charge in [-0.25, -0.2) is 4.39 Å². The van der Waals surface area contributed by atoms with Gasteiger partial charge in [-0.1, -0.05) is 47.6 Å². The molecule has 0 unspecified atom stereocenters. The summed E-state index contributed by atoms with van der Waals surface area (Å²) in [5.41, 5.74) is 1.52. The number of allylic oxidation sites excluding steroid dienone is 1. The molecule has 0 bridgehead atoms. The number of hydrogen-bond acceptors (Lipinski definition) is 5. The molecule has 0 aliphatic carbocycles. The number of aromatic nitrogens is 3. The molecular weight excluding hydrogens is 453 g/mol. The van der Waals surface area contributed by atoms with Crippen molar-refractivity contribution in [3.05, 3.63) is 77.3 Å². The second-order valence-corrected chi connectivity index (χ2v) is 8.10. The zero-order valence-corrected chi connectivity index (χ0v) is 18.8. The molecule has 2 aromatic carbocycles. The topological polar surface area (TPSA) is 88.9 Å². The van der Waals surface area contributed by atoms with Crippen molar-refractivity contribution in [2.45, 2.75) is 25.0 Å². The van der Waals surface area contributed by atoms with Crippen molar-refractivity contribution in [3.63, 3.8) is 0 Å². The maximum Gasteiger partial charge on any atom is 0.234 e. The van der Waals surface area contributed by atoms with Crippen LogP contribution < -0.4 is 10.6 Å². The van der Waals surface area contributed by atoms with E-state index in [1.165, 1.54) is 23.9 Å². The first-order valence-corrected chi connectivity index (χ1v) is 11.0. The first-order valence-electron chi connectivity index (χ1n) is 9.64. The van der Waals surface area contributed by atoms with E-state index in [-0.39, 0.29) is 23.8 Å². The van der Waals surface area contributed by atoms with Gasteiger partial charge in [0.25, 0.3) is 0 Å². The van der Waals surface area contributed by atoms with Gasteiger partial charge < -0.3 is 15.2 Å². The van der Waals surface area contributed by atoms with Crippen molar-refractivity contribution in [3.8, 4) is 0 Å². The molecule has 10 heteroatoms. The summed E-state index contributed by atoms with van der Waals surface area (Å²) in [7, 11) is 0. The van der Waals surface area contributed by atoms with Crippen LogP contribution in [0.15, 0.2) is 60.3 Å². The molecule has 2 N–H and O–H groups in total. The highest BCUT2D eigenvalue weighted by Gasteiger charge is 2.17. The standard InChI is InChI=1S/C22H21ClFN5O2S/c1-3-11-29-19(12-20(30)26-18-9-5-4-8-16(18)24)27-28-22(29)32-13-21(31)25-17-10-6-7-15(23)14(17)2/h3-10H,1,11-13H2,2H3,(H,25,31)(H,26,30). The Balaban J connectivity index is 1.64.